The number of alkyl halides is 1. The molecule has 2 saturated heterocycles. The minimum absolute atomic E-state index is 0.244. The summed E-state index contributed by atoms with van der Waals surface area (Å²) in [5.74, 6) is -0.200. The molecular weight excluding hydrogens is 590 g/mol. The molecule has 3 aromatic rings. The normalized spacial score (nSPS) is 32.1. The molecule has 37 heavy (non-hydrogen) atoms. The lowest BCUT2D eigenvalue weighted by atomic mass is 9.67. The highest BCUT2D eigenvalue weighted by molar-refractivity contribution is 9.10. The molecule has 2 N–H and O–H groups in total. The number of pyridine rings is 1. The van der Waals surface area contributed by atoms with E-state index in [1.54, 1.807) is 35.5 Å². The van der Waals surface area contributed by atoms with Gasteiger partial charge >= 0.3 is 0 Å². The number of ether oxygens (including phenoxy) is 2. The Balaban J connectivity index is 1.84. The summed E-state index contributed by atoms with van der Waals surface area (Å²) in [5, 5.41) is 35.5. The van der Waals surface area contributed by atoms with E-state index in [1.807, 2.05) is 0 Å². The Morgan fingerprint density at radius 2 is 2.14 bits per heavy atom. The number of hydrogen-bond donors (Lipinski definition) is 3. The van der Waals surface area contributed by atoms with Crippen LogP contribution in [0, 0.1) is 0 Å². The fraction of sp³-hybridized carbons (Fsp3) is 0.500. The van der Waals surface area contributed by atoms with E-state index in [9.17, 15) is 15.0 Å². The molecule has 198 valence electrons. The van der Waals surface area contributed by atoms with Gasteiger partial charge in [0, 0.05) is 44.4 Å². The molecular formula is C22H25BrClN7O5S. The van der Waals surface area contributed by atoms with Gasteiger partial charge in [-0.15, -0.1) is 17.7 Å². The van der Waals surface area contributed by atoms with Crippen LogP contribution in [0.1, 0.15) is 18.4 Å². The van der Waals surface area contributed by atoms with E-state index in [-0.39, 0.29) is 11.0 Å². The molecule has 0 radical (unpaired) electrons. The Morgan fingerprint density at radius 1 is 1.38 bits per heavy atom. The first-order valence-corrected chi connectivity index (χ1v) is 13.2. The lowest BCUT2D eigenvalue weighted by Gasteiger charge is -2.59. The van der Waals surface area contributed by atoms with Gasteiger partial charge in [-0.05, 0) is 40.9 Å². The lowest BCUT2D eigenvalue weighted by Crippen LogP contribution is -2.80. The number of rotatable bonds is 6. The van der Waals surface area contributed by atoms with Crippen LogP contribution in [-0.2, 0) is 19.8 Å². The largest absolute Gasteiger partial charge is 0.392 e. The molecule has 5 heterocycles. The van der Waals surface area contributed by atoms with Crippen LogP contribution in [0.25, 0.3) is 5.82 Å². The third-order valence-electron chi connectivity index (χ3n) is 7.01. The van der Waals surface area contributed by atoms with Crippen LogP contribution in [0.4, 0.5) is 0 Å². The van der Waals surface area contributed by atoms with Crippen molar-refractivity contribution in [3.05, 3.63) is 53.7 Å². The summed E-state index contributed by atoms with van der Waals surface area (Å²) in [6.07, 6.45) is 6.12. The smallest absolute Gasteiger partial charge is 0.261 e. The van der Waals surface area contributed by atoms with Gasteiger partial charge in [-0.2, -0.15) is 5.10 Å². The maximum absolute atomic E-state index is 14.4. The summed E-state index contributed by atoms with van der Waals surface area (Å²) >= 11 is 14.1. The maximum atomic E-state index is 14.4. The number of methoxy groups -OCH3 is 1. The molecule has 5 atom stereocenters. The number of carbonyl (C=O) groups is 1. The van der Waals surface area contributed by atoms with Crippen LogP contribution in [-0.4, -0.2) is 99.2 Å². The number of aliphatic hydroxyl groups is 2. The summed E-state index contributed by atoms with van der Waals surface area (Å²) < 4.78 is 13.1. The molecule has 1 amide bonds. The van der Waals surface area contributed by atoms with Crippen molar-refractivity contribution in [2.24, 2.45) is 0 Å². The van der Waals surface area contributed by atoms with E-state index < -0.39 is 39.7 Å². The van der Waals surface area contributed by atoms with Gasteiger partial charge in [0.1, 0.15) is 11.5 Å². The van der Waals surface area contributed by atoms with Crippen LogP contribution >= 0.6 is 40.2 Å². The Labute approximate surface area is 231 Å². The first-order chi connectivity index (χ1) is 17.7. The molecule has 2 fully saturated rings. The molecule has 0 aliphatic carbocycles. The van der Waals surface area contributed by atoms with Gasteiger partial charge < -0.3 is 24.6 Å². The molecule has 15 heteroatoms. The highest BCUT2D eigenvalue weighted by atomic mass is 79.9. The quantitative estimate of drug-likeness (QED) is 0.274. The molecule has 2 aliphatic heterocycles. The van der Waals surface area contributed by atoms with Crippen molar-refractivity contribution in [3.63, 3.8) is 0 Å². The molecule has 1 unspecified atom stereocenters. The van der Waals surface area contributed by atoms with Crippen molar-refractivity contribution in [1.29, 1.82) is 0 Å². The molecule has 0 bridgehead atoms. The summed E-state index contributed by atoms with van der Waals surface area (Å²) in [6.45, 7) is 0.330. The minimum atomic E-state index is -1.98. The Hall–Kier alpha value is -2.07. The zero-order chi connectivity index (χ0) is 26.4. The van der Waals surface area contributed by atoms with Gasteiger partial charge in [0.25, 0.3) is 5.91 Å². The van der Waals surface area contributed by atoms with Gasteiger partial charge in [-0.1, -0.05) is 22.9 Å². The summed E-state index contributed by atoms with van der Waals surface area (Å²) in [5.41, 5.74) is -4.80. The van der Waals surface area contributed by atoms with Crippen molar-refractivity contribution in [1.82, 2.24) is 34.7 Å². The summed E-state index contributed by atoms with van der Waals surface area (Å²) in [7, 11) is 1.35. The molecule has 2 aliphatic rings. The maximum Gasteiger partial charge on any atom is 0.261 e. The van der Waals surface area contributed by atoms with E-state index in [4.69, 9.17) is 33.7 Å². The number of aromatic nitrogens is 6. The third-order valence-corrected chi connectivity index (χ3v) is 8.55. The average molecular weight is 615 g/mol. The second-order valence-corrected chi connectivity index (χ2v) is 11.1. The standard InChI is InChI=1S/C22H25BrClN7O5S/c1-35-22(18(34)29-8-2-3-9-29)19(37)36-20(23,13-32)17(33)21(22,14-5-4-7-25-11-14)31-12-16(26-28-31)30-10-6-15(24)27-30/h4-7,10-12,17,19,32-33,37H,2-3,8-9,13H2,1H3/t17-,19+,20+,21?,22-/m0/s1. The number of aliphatic hydroxyl groups excluding tert-OH is 2. The number of halogens is 2. The average Bonchev–Trinajstić information content (AvgIpc) is 3.69. The molecule has 12 nitrogen and oxygen atoms in total. The summed E-state index contributed by atoms with van der Waals surface area (Å²) in [6, 6.07) is 4.92. The van der Waals surface area contributed by atoms with Crippen molar-refractivity contribution in [2.75, 3.05) is 26.8 Å². The zero-order valence-corrected chi connectivity index (χ0v) is 22.9. The van der Waals surface area contributed by atoms with Crippen LogP contribution in [0.3, 0.4) is 0 Å². The van der Waals surface area contributed by atoms with Gasteiger partial charge in [-0.3, -0.25) is 9.78 Å². The van der Waals surface area contributed by atoms with Crippen molar-refractivity contribution in [3.8, 4) is 5.82 Å². The van der Waals surface area contributed by atoms with Crippen molar-refractivity contribution >= 4 is 46.1 Å². The van der Waals surface area contributed by atoms with Gasteiger partial charge in [0.05, 0.1) is 12.8 Å². The summed E-state index contributed by atoms with van der Waals surface area (Å²) in [4.78, 5) is 20.3. The highest BCUT2D eigenvalue weighted by Crippen LogP contribution is 2.56. The van der Waals surface area contributed by atoms with E-state index in [2.05, 4.69) is 36.3 Å². The number of hydrogen-bond acceptors (Lipinski definition) is 10. The third kappa shape index (κ3) is 3.84. The van der Waals surface area contributed by atoms with Crippen LogP contribution in [0.5, 0.6) is 0 Å². The molecule has 0 spiro atoms. The second kappa shape index (κ2) is 9.91. The second-order valence-electron chi connectivity index (χ2n) is 8.87. The molecule has 5 rings (SSSR count). The van der Waals surface area contributed by atoms with Gasteiger partial charge in [0.15, 0.2) is 21.0 Å². The number of nitrogens with zero attached hydrogens (tertiary/aromatic N) is 7. The van der Waals surface area contributed by atoms with E-state index in [0.717, 1.165) is 12.8 Å². The fourth-order valence-corrected chi connectivity index (χ4v) is 6.68. The van der Waals surface area contributed by atoms with Crippen molar-refractivity contribution in [2.45, 2.75) is 40.0 Å². The number of amides is 1. The number of carbonyl (C=O) groups excluding carboxylic acids is 1. The number of likely N-dealkylation sites (tertiary alicyclic amines) is 1. The minimum Gasteiger partial charge on any atom is -0.392 e. The zero-order valence-electron chi connectivity index (χ0n) is 19.7. The van der Waals surface area contributed by atoms with Crippen LogP contribution < -0.4 is 0 Å². The van der Waals surface area contributed by atoms with E-state index in [0.29, 0.717) is 18.7 Å². The van der Waals surface area contributed by atoms with Gasteiger partial charge in [-0.25, -0.2) is 9.36 Å². The predicted octanol–water partition coefficient (Wildman–Crippen LogP) is 0.994. The van der Waals surface area contributed by atoms with Crippen LogP contribution in [0.2, 0.25) is 5.15 Å². The van der Waals surface area contributed by atoms with Crippen LogP contribution in [0.15, 0.2) is 43.0 Å². The number of thiol groups is 1. The highest BCUT2D eigenvalue weighted by Gasteiger charge is 2.76. The Bertz CT molecular complexity index is 1280. The van der Waals surface area contributed by atoms with Crippen molar-refractivity contribution < 1.29 is 24.5 Å². The topological polar surface area (TPSA) is 141 Å². The predicted molar refractivity (Wildman–Crippen MR) is 138 cm³/mol. The SMILES string of the molecule is CO[C@@]1(C(=O)N2CCCC2)[C@@H](S)O[C@](Br)(CO)[C@H](O)C1(c1cccnc1)n1cc(-n2ccc(Cl)n2)nn1. The monoisotopic (exact) mass is 613 g/mol. The van der Waals surface area contributed by atoms with E-state index >= 15 is 0 Å². The fourth-order valence-electron chi connectivity index (χ4n) is 5.28. The van der Waals surface area contributed by atoms with E-state index in [1.165, 1.54) is 28.9 Å². The first-order valence-electron chi connectivity index (χ1n) is 11.5. The molecule has 0 saturated carbocycles. The Kier molecular flexibility index (Phi) is 7.11. The molecule has 0 aromatic carbocycles. The van der Waals surface area contributed by atoms with Gasteiger partial charge in [0.2, 0.25) is 5.60 Å². The first kappa shape index (κ1) is 26.5. The molecule has 3 aromatic heterocycles. The Morgan fingerprint density at radius 3 is 2.73 bits per heavy atom. The lowest BCUT2D eigenvalue weighted by molar-refractivity contribution is -0.267.